The van der Waals surface area contributed by atoms with E-state index in [9.17, 15) is 19.2 Å². The van der Waals surface area contributed by atoms with Crippen LogP contribution in [0.2, 0.25) is 10.0 Å². The molecule has 2 saturated heterocycles. The third kappa shape index (κ3) is 5.55. The molecule has 33 heavy (non-hydrogen) atoms. The van der Waals surface area contributed by atoms with Gasteiger partial charge in [-0.25, -0.2) is 0 Å². The first-order valence-corrected chi connectivity index (χ1v) is 12.6. The van der Waals surface area contributed by atoms with E-state index < -0.39 is 11.1 Å². The Labute approximate surface area is 206 Å². The predicted molar refractivity (Wildman–Crippen MR) is 128 cm³/mol. The van der Waals surface area contributed by atoms with E-state index in [1.165, 1.54) is 12.8 Å². The van der Waals surface area contributed by atoms with E-state index >= 15 is 0 Å². The maximum atomic E-state index is 12.9. The largest absolute Gasteiger partial charge is 0.354 e. The summed E-state index contributed by atoms with van der Waals surface area (Å²) in [5.74, 6) is 0.102. The third-order valence-corrected chi connectivity index (χ3v) is 7.96. The Hall–Kier alpha value is -2.03. The zero-order chi connectivity index (χ0) is 23.7. The second-order valence-electron chi connectivity index (χ2n) is 8.73. The molecule has 1 aliphatic carbocycles. The number of likely N-dealkylation sites (tertiary alicyclic amines) is 1. The quantitative estimate of drug-likeness (QED) is 0.576. The van der Waals surface area contributed by atoms with Crippen LogP contribution >= 0.6 is 35.0 Å². The van der Waals surface area contributed by atoms with Crippen molar-refractivity contribution in [3.63, 3.8) is 0 Å². The number of rotatable bonds is 6. The van der Waals surface area contributed by atoms with Crippen LogP contribution in [0.3, 0.4) is 0 Å². The SMILES string of the molecule is CC(CNC(=O)CN1C(=O)SC(=C2CCN(C(=O)c3cc(Cl)ccc3Cl)CC2)C1=O)C1CC1. The molecule has 4 rings (SSSR count). The van der Waals surface area contributed by atoms with E-state index in [4.69, 9.17) is 23.2 Å². The Kier molecular flexibility index (Phi) is 7.36. The van der Waals surface area contributed by atoms with Gasteiger partial charge in [-0.2, -0.15) is 0 Å². The number of piperidine rings is 1. The van der Waals surface area contributed by atoms with Crippen LogP contribution in [0, 0.1) is 11.8 Å². The molecule has 1 atom stereocenters. The number of nitrogens with one attached hydrogen (secondary N) is 1. The fourth-order valence-corrected chi connectivity index (χ4v) is 5.44. The summed E-state index contributed by atoms with van der Waals surface area (Å²) >= 11 is 13.0. The minimum atomic E-state index is -0.433. The van der Waals surface area contributed by atoms with Gasteiger partial charge in [0.05, 0.1) is 15.5 Å². The minimum Gasteiger partial charge on any atom is -0.354 e. The van der Waals surface area contributed by atoms with Gasteiger partial charge in [-0.15, -0.1) is 0 Å². The normalized spacial score (nSPS) is 19.8. The molecule has 10 heteroatoms. The summed E-state index contributed by atoms with van der Waals surface area (Å²) in [7, 11) is 0. The number of hydrogen-bond acceptors (Lipinski definition) is 5. The van der Waals surface area contributed by atoms with Gasteiger partial charge in [0.25, 0.3) is 17.1 Å². The fourth-order valence-electron chi connectivity index (χ4n) is 4.10. The van der Waals surface area contributed by atoms with Crippen molar-refractivity contribution < 1.29 is 19.2 Å². The second kappa shape index (κ2) is 10.1. The molecule has 2 aliphatic heterocycles. The van der Waals surface area contributed by atoms with Gasteiger partial charge in [0, 0.05) is 24.7 Å². The molecule has 3 aliphatic rings. The zero-order valence-corrected chi connectivity index (χ0v) is 20.6. The van der Waals surface area contributed by atoms with Crippen LogP contribution in [-0.4, -0.2) is 58.9 Å². The van der Waals surface area contributed by atoms with Crippen molar-refractivity contribution in [3.8, 4) is 0 Å². The first-order chi connectivity index (χ1) is 15.7. The van der Waals surface area contributed by atoms with E-state index in [2.05, 4.69) is 12.2 Å². The highest BCUT2D eigenvalue weighted by molar-refractivity contribution is 8.18. The van der Waals surface area contributed by atoms with Gasteiger partial charge in [-0.3, -0.25) is 24.1 Å². The number of imide groups is 1. The molecule has 0 aromatic heterocycles. The summed E-state index contributed by atoms with van der Waals surface area (Å²) in [6, 6.07) is 4.76. The Morgan fingerprint density at radius 3 is 2.55 bits per heavy atom. The lowest BCUT2D eigenvalue weighted by Gasteiger charge is -2.29. The standard InChI is InChI=1S/C23H25Cl2N3O4S/c1-13(14-2-3-14)11-26-19(29)12-28-22(31)20(33-23(28)32)15-6-8-27(9-7-15)21(30)17-10-16(24)4-5-18(17)25/h4-5,10,13-14H,2-3,6-9,11-12H2,1H3,(H,26,29). The molecule has 1 N–H and O–H groups in total. The van der Waals surface area contributed by atoms with E-state index in [1.54, 1.807) is 23.1 Å². The maximum Gasteiger partial charge on any atom is 0.294 e. The topological polar surface area (TPSA) is 86.8 Å². The van der Waals surface area contributed by atoms with Gasteiger partial charge >= 0.3 is 0 Å². The second-order valence-corrected chi connectivity index (χ2v) is 10.5. The van der Waals surface area contributed by atoms with Crippen LogP contribution in [0.1, 0.15) is 43.0 Å². The molecule has 176 valence electrons. The Morgan fingerprint density at radius 1 is 1.18 bits per heavy atom. The highest BCUT2D eigenvalue weighted by atomic mass is 35.5. The average Bonchev–Trinajstić information content (AvgIpc) is 3.62. The van der Waals surface area contributed by atoms with Crippen molar-refractivity contribution >= 4 is 57.9 Å². The molecule has 7 nitrogen and oxygen atoms in total. The molecule has 0 radical (unpaired) electrons. The van der Waals surface area contributed by atoms with Crippen molar-refractivity contribution in [1.29, 1.82) is 0 Å². The van der Waals surface area contributed by atoms with Gasteiger partial charge in [0.2, 0.25) is 5.91 Å². The number of amides is 4. The lowest BCUT2D eigenvalue weighted by Crippen LogP contribution is -2.41. The highest BCUT2D eigenvalue weighted by Crippen LogP contribution is 2.37. The van der Waals surface area contributed by atoms with E-state index in [1.807, 2.05) is 0 Å². The Bertz CT molecular complexity index is 1030. The zero-order valence-electron chi connectivity index (χ0n) is 18.2. The van der Waals surface area contributed by atoms with Gasteiger partial charge < -0.3 is 10.2 Å². The van der Waals surface area contributed by atoms with Crippen molar-refractivity contribution in [2.24, 2.45) is 11.8 Å². The van der Waals surface area contributed by atoms with Crippen LogP contribution in [0.5, 0.6) is 0 Å². The summed E-state index contributed by atoms with van der Waals surface area (Å²) < 4.78 is 0. The number of benzene rings is 1. The minimum absolute atomic E-state index is 0.216. The average molecular weight is 510 g/mol. The van der Waals surface area contributed by atoms with Crippen molar-refractivity contribution in [2.75, 3.05) is 26.2 Å². The summed E-state index contributed by atoms with van der Waals surface area (Å²) in [4.78, 5) is 53.4. The molecule has 2 heterocycles. The van der Waals surface area contributed by atoms with E-state index in [-0.39, 0.29) is 18.4 Å². The van der Waals surface area contributed by atoms with E-state index in [0.717, 1.165) is 22.2 Å². The molecule has 1 aromatic carbocycles. The van der Waals surface area contributed by atoms with Crippen LogP contribution in [0.25, 0.3) is 0 Å². The van der Waals surface area contributed by atoms with Crippen LogP contribution in [-0.2, 0) is 9.59 Å². The molecule has 0 spiro atoms. The monoisotopic (exact) mass is 509 g/mol. The summed E-state index contributed by atoms with van der Waals surface area (Å²) in [5, 5.41) is 3.17. The van der Waals surface area contributed by atoms with Crippen molar-refractivity contribution in [2.45, 2.75) is 32.6 Å². The van der Waals surface area contributed by atoms with Gasteiger partial charge in [0.1, 0.15) is 6.54 Å². The van der Waals surface area contributed by atoms with E-state index in [0.29, 0.717) is 64.8 Å². The highest BCUT2D eigenvalue weighted by Gasteiger charge is 2.39. The lowest BCUT2D eigenvalue weighted by molar-refractivity contribution is -0.129. The maximum absolute atomic E-state index is 12.9. The molecular formula is C23H25Cl2N3O4S. The number of hydrogen-bond donors (Lipinski definition) is 1. The predicted octanol–water partition coefficient (Wildman–Crippen LogP) is 4.34. The molecule has 1 saturated carbocycles. The Balaban J connectivity index is 1.34. The molecule has 1 unspecified atom stereocenters. The van der Waals surface area contributed by atoms with Gasteiger partial charge in [0.15, 0.2) is 0 Å². The molecule has 3 fully saturated rings. The van der Waals surface area contributed by atoms with Crippen molar-refractivity contribution in [1.82, 2.24) is 15.1 Å². The smallest absolute Gasteiger partial charge is 0.294 e. The summed E-state index contributed by atoms with van der Waals surface area (Å²) in [6.07, 6.45) is 3.35. The summed E-state index contributed by atoms with van der Waals surface area (Å²) in [6.45, 7) is 3.20. The first kappa shape index (κ1) is 24.1. The van der Waals surface area contributed by atoms with Gasteiger partial charge in [-0.1, -0.05) is 30.1 Å². The molecule has 4 amide bonds. The first-order valence-electron chi connectivity index (χ1n) is 11.0. The van der Waals surface area contributed by atoms with Crippen LogP contribution in [0.4, 0.5) is 4.79 Å². The fraction of sp³-hybridized carbons (Fsp3) is 0.478. The Morgan fingerprint density at radius 2 is 1.88 bits per heavy atom. The molecule has 0 bridgehead atoms. The summed E-state index contributed by atoms with van der Waals surface area (Å²) in [5.41, 5.74) is 1.18. The number of halogens is 2. The number of thioether (sulfide) groups is 1. The van der Waals surface area contributed by atoms with Crippen LogP contribution in [0.15, 0.2) is 28.7 Å². The lowest BCUT2D eigenvalue weighted by atomic mass is 10.0. The number of carbonyl (C=O) groups excluding carboxylic acids is 4. The number of carbonyl (C=O) groups is 4. The molecule has 1 aromatic rings. The number of nitrogens with zero attached hydrogens (tertiary/aromatic N) is 2. The van der Waals surface area contributed by atoms with Crippen LogP contribution < -0.4 is 5.32 Å². The van der Waals surface area contributed by atoms with Crippen molar-refractivity contribution in [3.05, 3.63) is 44.3 Å². The van der Waals surface area contributed by atoms with Gasteiger partial charge in [-0.05, 0) is 73.1 Å². The molecular weight excluding hydrogens is 485 g/mol. The third-order valence-electron chi connectivity index (χ3n) is 6.33.